The third kappa shape index (κ3) is 4.07. The van der Waals surface area contributed by atoms with Gasteiger partial charge in [-0.25, -0.2) is 0 Å². The lowest BCUT2D eigenvalue weighted by Gasteiger charge is -2.34. The standard InChI is InChI=1S/C10H24N2/c1-6-10(2,3)12(5)9-7-8-11-4/h11H,6-9H2,1-5H3. The zero-order valence-corrected chi connectivity index (χ0v) is 9.28. The van der Waals surface area contributed by atoms with Crippen molar-refractivity contribution in [3.63, 3.8) is 0 Å². The lowest BCUT2D eigenvalue weighted by molar-refractivity contribution is 0.149. The van der Waals surface area contributed by atoms with E-state index >= 15 is 0 Å². The fourth-order valence-electron chi connectivity index (χ4n) is 1.07. The van der Waals surface area contributed by atoms with Gasteiger partial charge in [-0.2, -0.15) is 0 Å². The first kappa shape index (κ1) is 11.9. The zero-order chi connectivity index (χ0) is 9.61. The van der Waals surface area contributed by atoms with Gasteiger partial charge < -0.3 is 10.2 Å². The molecule has 0 aliphatic rings. The third-order valence-corrected chi connectivity index (χ3v) is 2.82. The molecule has 0 aliphatic carbocycles. The average molecular weight is 172 g/mol. The van der Waals surface area contributed by atoms with Crippen molar-refractivity contribution in [2.75, 3.05) is 27.2 Å². The van der Waals surface area contributed by atoms with Crippen molar-refractivity contribution in [2.45, 2.75) is 39.2 Å². The molecule has 0 saturated heterocycles. The van der Waals surface area contributed by atoms with E-state index in [2.05, 4.69) is 38.0 Å². The van der Waals surface area contributed by atoms with Crippen LogP contribution in [0.3, 0.4) is 0 Å². The minimum absolute atomic E-state index is 0.355. The van der Waals surface area contributed by atoms with E-state index in [1.165, 1.54) is 19.4 Å². The largest absolute Gasteiger partial charge is 0.320 e. The maximum absolute atomic E-state index is 3.17. The Labute approximate surface area is 77.3 Å². The van der Waals surface area contributed by atoms with Crippen LogP contribution >= 0.6 is 0 Å². The summed E-state index contributed by atoms with van der Waals surface area (Å²) in [5, 5.41) is 3.17. The van der Waals surface area contributed by atoms with Crippen LogP contribution < -0.4 is 5.32 Å². The van der Waals surface area contributed by atoms with Crippen LogP contribution in [0.15, 0.2) is 0 Å². The van der Waals surface area contributed by atoms with Gasteiger partial charge >= 0.3 is 0 Å². The number of nitrogens with one attached hydrogen (secondary N) is 1. The Bertz CT molecular complexity index is 110. The summed E-state index contributed by atoms with van der Waals surface area (Å²) in [6.07, 6.45) is 2.44. The quantitative estimate of drug-likeness (QED) is 0.614. The highest BCUT2D eigenvalue weighted by molar-refractivity contribution is 4.76. The Hall–Kier alpha value is -0.0800. The molecule has 0 aromatic rings. The van der Waals surface area contributed by atoms with E-state index in [1.54, 1.807) is 0 Å². The van der Waals surface area contributed by atoms with E-state index in [4.69, 9.17) is 0 Å². The van der Waals surface area contributed by atoms with Crippen LogP contribution in [-0.2, 0) is 0 Å². The minimum atomic E-state index is 0.355. The second-order valence-corrected chi connectivity index (χ2v) is 4.04. The molecule has 0 bridgehead atoms. The molecular weight excluding hydrogens is 148 g/mol. The van der Waals surface area contributed by atoms with Gasteiger partial charge in [0, 0.05) is 5.54 Å². The Morgan fingerprint density at radius 2 is 1.92 bits per heavy atom. The summed E-state index contributed by atoms with van der Waals surface area (Å²) >= 11 is 0. The maximum Gasteiger partial charge on any atom is 0.0147 e. The summed E-state index contributed by atoms with van der Waals surface area (Å²) in [6, 6.07) is 0. The molecular formula is C10H24N2. The number of nitrogens with zero attached hydrogens (tertiary/aromatic N) is 1. The summed E-state index contributed by atoms with van der Waals surface area (Å²) in [4.78, 5) is 2.43. The Kier molecular flexibility index (Phi) is 5.51. The van der Waals surface area contributed by atoms with Crippen molar-refractivity contribution in [1.29, 1.82) is 0 Å². The van der Waals surface area contributed by atoms with Gasteiger partial charge in [-0.05, 0) is 53.9 Å². The first-order valence-corrected chi connectivity index (χ1v) is 4.90. The van der Waals surface area contributed by atoms with Crippen molar-refractivity contribution in [3.05, 3.63) is 0 Å². The van der Waals surface area contributed by atoms with Gasteiger partial charge in [-0.1, -0.05) is 6.92 Å². The lowest BCUT2D eigenvalue weighted by Crippen LogP contribution is -2.41. The van der Waals surface area contributed by atoms with Gasteiger partial charge in [0.15, 0.2) is 0 Å². The van der Waals surface area contributed by atoms with E-state index in [-0.39, 0.29) is 0 Å². The second-order valence-electron chi connectivity index (χ2n) is 4.04. The number of hydrogen-bond acceptors (Lipinski definition) is 2. The summed E-state index contributed by atoms with van der Waals surface area (Å²) in [7, 11) is 4.21. The van der Waals surface area contributed by atoms with E-state index in [1.807, 2.05) is 7.05 Å². The molecule has 2 nitrogen and oxygen atoms in total. The van der Waals surface area contributed by atoms with Crippen molar-refractivity contribution < 1.29 is 0 Å². The SMILES string of the molecule is CCC(C)(C)N(C)CCCNC. The van der Waals surface area contributed by atoms with E-state index in [9.17, 15) is 0 Å². The molecule has 0 fully saturated rings. The van der Waals surface area contributed by atoms with Crippen molar-refractivity contribution in [3.8, 4) is 0 Å². The summed E-state index contributed by atoms with van der Waals surface area (Å²) in [5.74, 6) is 0. The molecule has 0 unspecified atom stereocenters. The summed E-state index contributed by atoms with van der Waals surface area (Å²) < 4.78 is 0. The topological polar surface area (TPSA) is 15.3 Å². The number of rotatable bonds is 6. The molecule has 0 atom stereocenters. The molecule has 0 rings (SSSR count). The van der Waals surface area contributed by atoms with Crippen LogP contribution in [0.4, 0.5) is 0 Å². The Morgan fingerprint density at radius 3 is 2.33 bits per heavy atom. The predicted octanol–water partition coefficient (Wildman–Crippen LogP) is 1.72. The normalized spacial score (nSPS) is 12.5. The van der Waals surface area contributed by atoms with Crippen molar-refractivity contribution in [1.82, 2.24) is 10.2 Å². The van der Waals surface area contributed by atoms with Crippen LogP contribution in [0.1, 0.15) is 33.6 Å². The fraction of sp³-hybridized carbons (Fsp3) is 1.00. The minimum Gasteiger partial charge on any atom is -0.320 e. The van der Waals surface area contributed by atoms with Gasteiger partial charge in [0.25, 0.3) is 0 Å². The molecule has 12 heavy (non-hydrogen) atoms. The van der Waals surface area contributed by atoms with Gasteiger partial charge in [0.2, 0.25) is 0 Å². The zero-order valence-electron chi connectivity index (χ0n) is 9.28. The van der Waals surface area contributed by atoms with Crippen LogP contribution in [0, 0.1) is 0 Å². The monoisotopic (exact) mass is 172 g/mol. The molecule has 0 radical (unpaired) electrons. The molecule has 0 aromatic heterocycles. The first-order valence-electron chi connectivity index (χ1n) is 4.90. The molecule has 0 spiro atoms. The highest BCUT2D eigenvalue weighted by Gasteiger charge is 2.19. The Morgan fingerprint density at radius 1 is 1.33 bits per heavy atom. The van der Waals surface area contributed by atoms with Gasteiger partial charge in [-0.3, -0.25) is 0 Å². The van der Waals surface area contributed by atoms with Crippen LogP contribution in [0.2, 0.25) is 0 Å². The Balaban J connectivity index is 3.63. The summed E-state index contributed by atoms with van der Waals surface area (Å²) in [5.41, 5.74) is 0.355. The van der Waals surface area contributed by atoms with Gasteiger partial charge in [0.1, 0.15) is 0 Å². The third-order valence-electron chi connectivity index (χ3n) is 2.82. The molecule has 2 heteroatoms. The molecule has 0 saturated carbocycles. The lowest BCUT2D eigenvalue weighted by atomic mass is 10.00. The molecule has 74 valence electrons. The van der Waals surface area contributed by atoms with Crippen molar-refractivity contribution >= 4 is 0 Å². The van der Waals surface area contributed by atoms with Gasteiger partial charge in [0.05, 0.1) is 0 Å². The van der Waals surface area contributed by atoms with Crippen LogP contribution in [0.5, 0.6) is 0 Å². The molecule has 0 heterocycles. The molecule has 0 amide bonds. The molecule has 0 aromatic carbocycles. The average Bonchev–Trinajstić information content (AvgIpc) is 2.05. The smallest absolute Gasteiger partial charge is 0.0147 e. The van der Waals surface area contributed by atoms with E-state index in [0.717, 1.165) is 6.54 Å². The maximum atomic E-state index is 3.17. The van der Waals surface area contributed by atoms with Crippen molar-refractivity contribution in [2.24, 2.45) is 0 Å². The second kappa shape index (κ2) is 5.55. The predicted molar refractivity (Wildman–Crippen MR) is 55.5 cm³/mol. The van der Waals surface area contributed by atoms with Gasteiger partial charge in [-0.15, -0.1) is 0 Å². The highest BCUT2D eigenvalue weighted by Crippen LogP contribution is 2.15. The fourth-order valence-corrected chi connectivity index (χ4v) is 1.07. The van der Waals surface area contributed by atoms with E-state index in [0.29, 0.717) is 5.54 Å². The highest BCUT2D eigenvalue weighted by atomic mass is 15.2. The first-order chi connectivity index (χ1) is 5.54. The van der Waals surface area contributed by atoms with Crippen LogP contribution in [0.25, 0.3) is 0 Å². The molecule has 1 N–H and O–H groups in total. The molecule has 0 aliphatic heterocycles. The summed E-state index contributed by atoms with van der Waals surface area (Å²) in [6.45, 7) is 9.14. The van der Waals surface area contributed by atoms with Crippen LogP contribution in [-0.4, -0.2) is 37.6 Å². The van der Waals surface area contributed by atoms with E-state index < -0.39 is 0 Å². The number of hydrogen-bond donors (Lipinski definition) is 1.